The largest absolute Gasteiger partial charge is 0.444 e. The number of aromatic nitrogens is 1. The highest BCUT2D eigenvalue weighted by Gasteiger charge is 2.21. The van der Waals surface area contributed by atoms with E-state index in [2.05, 4.69) is 15.0 Å². The van der Waals surface area contributed by atoms with Crippen LogP contribution in [0.1, 0.15) is 30.2 Å². The fourth-order valence-electron chi connectivity index (χ4n) is 2.22. The second-order valence-electron chi connectivity index (χ2n) is 5.06. The molecule has 0 saturated carbocycles. The lowest BCUT2D eigenvalue weighted by molar-refractivity contribution is 0.401. The molecule has 1 aromatic heterocycles. The van der Waals surface area contributed by atoms with E-state index in [1.807, 2.05) is 13.8 Å². The summed E-state index contributed by atoms with van der Waals surface area (Å²) in [5.41, 5.74) is 0.797. The molecule has 1 saturated heterocycles. The van der Waals surface area contributed by atoms with E-state index in [1.165, 1.54) is 0 Å². The maximum Gasteiger partial charge on any atom is 0.212 e. The first-order valence-electron chi connectivity index (χ1n) is 6.57. The lowest BCUT2D eigenvalue weighted by atomic mass is 10.0. The van der Waals surface area contributed by atoms with Crippen molar-refractivity contribution in [2.75, 3.05) is 18.8 Å². The van der Waals surface area contributed by atoms with E-state index < -0.39 is 10.0 Å². The zero-order chi connectivity index (χ0) is 13.9. The summed E-state index contributed by atoms with van der Waals surface area (Å²) in [5.74, 6) is 1.50. The van der Waals surface area contributed by atoms with Crippen molar-refractivity contribution < 1.29 is 12.8 Å². The predicted octanol–water partition coefficient (Wildman–Crippen LogP) is 0.710. The van der Waals surface area contributed by atoms with E-state index in [1.54, 1.807) is 0 Å². The summed E-state index contributed by atoms with van der Waals surface area (Å²) in [6.45, 7) is 5.53. The molecule has 7 heteroatoms. The lowest BCUT2D eigenvalue weighted by Gasteiger charge is -2.22. The standard InChI is InChI=1S/C12H21N3O3S/c1-9-10(2)18-12(15-9)7-14-19(16,17)8-11-4-3-5-13-6-11/h11,13-14H,3-8H2,1-2H3. The van der Waals surface area contributed by atoms with E-state index in [-0.39, 0.29) is 18.2 Å². The summed E-state index contributed by atoms with van der Waals surface area (Å²) in [6.07, 6.45) is 2.00. The zero-order valence-corrected chi connectivity index (χ0v) is 12.2. The highest BCUT2D eigenvalue weighted by atomic mass is 32.2. The van der Waals surface area contributed by atoms with Crippen LogP contribution in [-0.2, 0) is 16.6 Å². The van der Waals surface area contributed by atoms with Crippen molar-refractivity contribution in [3.05, 3.63) is 17.3 Å². The van der Waals surface area contributed by atoms with Gasteiger partial charge in [0.25, 0.3) is 0 Å². The lowest BCUT2D eigenvalue weighted by Crippen LogP contribution is -2.37. The molecule has 2 N–H and O–H groups in total. The normalized spacial score (nSPS) is 20.6. The van der Waals surface area contributed by atoms with Crippen LogP contribution in [0.15, 0.2) is 4.42 Å². The van der Waals surface area contributed by atoms with E-state index in [0.717, 1.165) is 37.4 Å². The average molecular weight is 287 g/mol. The number of aryl methyl sites for hydroxylation is 2. The molecule has 108 valence electrons. The van der Waals surface area contributed by atoms with Crippen molar-refractivity contribution in [2.24, 2.45) is 5.92 Å². The Labute approximate surface area is 114 Å². The van der Waals surface area contributed by atoms with Crippen molar-refractivity contribution in [3.8, 4) is 0 Å². The zero-order valence-electron chi connectivity index (χ0n) is 11.4. The Morgan fingerprint density at radius 1 is 1.47 bits per heavy atom. The first-order valence-corrected chi connectivity index (χ1v) is 8.22. The summed E-state index contributed by atoms with van der Waals surface area (Å²) in [5, 5.41) is 3.22. The molecule has 1 aliphatic heterocycles. The van der Waals surface area contributed by atoms with Crippen LogP contribution >= 0.6 is 0 Å². The second-order valence-corrected chi connectivity index (χ2v) is 6.92. The molecule has 0 aromatic carbocycles. The van der Waals surface area contributed by atoms with Gasteiger partial charge in [-0.25, -0.2) is 18.1 Å². The van der Waals surface area contributed by atoms with Gasteiger partial charge in [-0.2, -0.15) is 0 Å². The maximum absolute atomic E-state index is 12.0. The van der Waals surface area contributed by atoms with E-state index in [9.17, 15) is 8.42 Å². The van der Waals surface area contributed by atoms with E-state index >= 15 is 0 Å². The SMILES string of the molecule is Cc1nc(CNS(=O)(=O)CC2CCCNC2)oc1C. The van der Waals surface area contributed by atoms with Gasteiger partial charge in [-0.3, -0.25) is 0 Å². The highest BCUT2D eigenvalue weighted by molar-refractivity contribution is 7.89. The summed E-state index contributed by atoms with van der Waals surface area (Å²) in [7, 11) is -3.27. The number of nitrogens with one attached hydrogen (secondary N) is 2. The Bertz CT molecular complexity index is 499. The molecule has 1 aromatic rings. The van der Waals surface area contributed by atoms with E-state index in [4.69, 9.17) is 4.42 Å². The number of oxazole rings is 1. The van der Waals surface area contributed by atoms with Crippen LogP contribution in [0.5, 0.6) is 0 Å². The molecular weight excluding hydrogens is 266 g/mol. The molecule has 0 aliphatic carbocycles. The second kappa shape index (κ2) is 6.02. The molecule has 1 fully saturated rings. The molecule has 0 radical (unpaired) electrons. The summed E-state index contributed by atoms with van der Waals surface area (Å²) < 4.78 is 31.8. The minimum absolute atomic E-state index is 0.122. The molecule has 1 aliphatic rings. The summed E-state index contributed by atoms with van der Waals surface area (Å²) >= 11 is 0. The Morgan fingerprint density at radius 3 is 2.84 bits per heavy atom. The van der Waals surface area contributed by atoms with E-state index in [0.29, 0.717) is 5.89 Å². The quantitative estimate of drug-likeness (QED) is 0.833. The van der Waals surface area contributed by atoms with Gasteiger partial charge in [0.2, 0.25) is 15.9 Å². The van der Waals surface area contributed by atoms with Crippen LogP contribution in [0.25, 0.3) is 0 Å². The molecule has 2 heterocycles. The number of rotatable bonds is 5. The fourth-order valence-corrected chi connectivity index (χ4v) is 3.59. The number of hydrogen-bond acceptors (Lipinski definition) is 5. The van der Waals surface area contributed by atoms with Crippen molar-refractivity contribution in [1.82, 2.24) is 15.0 Å². The van der Waals surface area contributed by atoms with Gasteiger partial charge in [-0.1, -0.05) is 0 Å². The number of sulfonamides is 1. The third kappa shape index (κ3) is 4.29. The van der Waals surface area contributed by atoms with Gasteiger partial charge in [0.05, 0.1) is 18.0 Å². The Morgan fingerprint density at radius 2 is 2.26 bits per heavy atom. The molecule has 19 heavy (non-hydrogen) atoms. The Kier molecular flexibility index (Phi) is 4.59. The van der Waals surface area contributed by atoms with Crippen LogP contribution in [0, 0.1) is 19.8 Å². The van der Waals surface area contributed by atoms with Crippen LogP contribution in [-0.4, -0.2) is 32.2 Å². The first-order chi connectivity index (χ1) is 8.96. The third-order valence-corrected chi connectivity index (χ3v) is 4.86. The molecule has 0 bridgehead atoms. The first kappa shape index (κ1) is 14.5. The molecule has 0 amide bonds. The topological polar surface area (TPSA) is 84.2 Å². The molecule has 1 atom stereocenters. The van der Waals surface area contributed by atoms with Gasteiger partial charge in [-0.15, -0.1) is 0 Å². The Hall–Kier alpha value is -0.920. The fraction of sp³-hybridized carbons (Fsp3) is 0.750. The van der Waals surface area contributed by atoms with Gasteiger partial charge in [0.1, 0.15) is 5.76 Å². The summed E-state index contributed by atoms with van der Waals surface area (Å²) in [4.78, 5) is 4.15. The average Bonchev–Trinajstić information content (AvgIpc) is 2.67. The van der Waals surface area contributed by atoms with Gasteiger partial charge < -0.3 is 9.73 Å². The van der Waals surface area contributed by atoms with Crippen LogP contribution in [0.2, 0.25) is 0 Å². The molecule has 6 nitrogen and oxygen atoms in total. The third-order valence-electron chi connectivity index (χ3n) is 3.37. The van der Waals surface area contributed by atoms with Crippen molar-refractivity contribution in [1.29, 1.82) is 0 Å². The molecular formula is C12H21N3O3S. The number of nitrogens with zero attached hydrogens (tertiary/aromatic N) is 1. The van der Waals surface area contributed by atoms with Crippen LogP contribution < -0.4 is 10.0 Å². The smallest absolute Gasteiger partial charge is 0.212 e. The van der Waals surface area contributed by atoms with Crippen LogP contribution in [0.3, 0.4) is 0 Å². The van der Waals surface area contributed by atoms with Crippen molar-refractivity contribution in [3.63, 3.8) is 0 Å². The minimum atomic E-state index is -3.27. The highest BCUT2D eigenvalue weighted by Crippen LogP contribution is 2.13. The number of hydrogen-bond donors (Lipinski definition) is 2. The maximum atomic E-state index is 12.0. The molecule has 1 unspecified atom stereocenters. The van der Waals surface area contributed by atoms with Crippen molar-refractivity contribution >= 4 is 10.0 Å². The minimum Gasteiger partial charge on any atom is -0.444 e. The van der Waals surface area contributed by atoms with Crippen LogP contribution in [0.4, 0.5) is 0 Å². The van der Waals surface area contributed by atoms with Gasteiger partial charge in [-0.05, 0) is 45.7 Å². The van der Waals surface area contributed by atoms with Gasteiger partial charge in [0.15, 0.2) is 0 Å². The monoisotopic (exact) mass is 287 g/mol. The molecule has 0 spiro atoms. The molecule has 2 rings (SSSR count). The number of piperidine rings is 1. The summed E-state index contributed by atoms with van der Waals surface area (Å²) in [6, 6.07) is 0. The predicted molar refractivity (Wildman–Crippen MR) is 72.2 cm³/mol. The Balaban J connectivity index is 1.86. The van der Waals surface area contributed by atoms with Crippen molar-refractivity contribution in [2.45, 2.75) is 33.2 Å². The van der Waals surface area contributed by atoms with Gasteiger partial charge in [0, 0.05) is 0 Å². The van der Waals surface area contributed by atoms with Gasteiger partial charge >= 0.3 is 0 Å².